The Labute approximate surface area is 127 Å². The monoisotopic (exact) mass is 299 g/mol. The first kappa shape index (κ1) is 15.5. The minimum Gasteiger partial charge on any atom is -0.480 e. The van der Waals surface area contributed by atoms with Crippen LogP contribution in [0.25, 0.3) is 0 Å². The van der Waals surface area contributed by atoms with Crippen LogP contribution in [0.5, 0.6) is 0 Å². The van der Waals surface area contributed by atoms with Gasteiger partial charge in [0.25, 0.3) is 0 Å². The van der Waals surface area contributed by atoms with Crippen molar-refractivity contribution in [1.82, 2.24) is 0 Å². The predicted octanol–water partition coefficient (Wildman–Crippen LogP) is 1.32. The van der Waals surface area contributed by atoms with E-state index in [1.165, 1.54) is 0 Å². The number of carbonyl (C=O) groups is 2. The van der Waals surface area contributed by atoms with E-state index >= 15 is 0 Å². The Morgan fingerprint density at radius 3 is 2.00 bits per heavy atom. The number of aliphatic carboxylic acids is 1. The molecule has 6 nitrogen and oxygen atoms in total. The second kappa shape index (κ2) is 6.73. The standard InChI is InChI=1S/C16H17N3O3/c17-12-5-1-10(2-6-12)15(20)11-3-7-13(8-4-11)19-9-14(18)16(21)22/h1-8,14,19H,9,17-18H2,(H,21,22)/t14-/m0/s1. The molecule has 0 aliphatic heterocycles. The van der Waals surface area contributed by atoms with Gasteiger partial charge in [0.05, 0.1) is 0 Å². The SMILES string of the molecule is Nc1ccc(C(=O)c2ccc(NC[C@H](N)C(=O)O)cc2)cc1. The highest BCUT2D eigenvalue weighted by Crippen LogP contribution is 2.15. The molecule has 6 heteroatoms. The number of nitrogens with one attached hydrogen (secondary N) is 1. The molecular weight excluding hydrogens is 282 g/mol. The van der Waals surface area contributed by atoms with E-state index in [4.69, 9.17) is 16.6 Å². The lowest BCUT2D eigenvalue weighted by atomic mass is 10.0. The maximum atomic E-state index is 12.3. The fraction of sp³-hybridized carbons (Fsp3) is 0.125. The van der Waals surface area contributed by atoms with Gasteiger partial charge in [-0.3, -0.25) is 9.59 Å². The first-order valence-electron chi connectivity index (χ1n) is 6.70. The van der Waals surface area contributed by atoms with Crippen LogP contribution >= 0.6 is 0 Å². The highest BCUT2D eigenvalue weighted by Gasteiger charge is 2.11. The van der Waals surface area contributed by atoms with Gasteiger partial charge in [-0.05, 0) is 48.5 Å². The summed E-state index contributed by atoms with van der Waals surface area (Å²) in [6, 6.07) is 12.5. The van der Waals surface area contributed by atoms with Gasteiger partial charge in [-0.2, -0.15) is 0 Å². The average molecular weight is 299 g/mol. The highest BCUT2D eigenvalue weighted by atomic mass is 16.4. The summed E-state index contributed by atoms with van der Waals surface area (Å²) in [5.41, 5.74) is 13.4. The van der Waals surface area contributed by atoms with Gasteiger partial charge in [0.1, 0.15) is 6.04 Å². The lowest BCUT2D eigenvalue weighted by Crippen LogP contribution is -2.36. The quantitative estimate of drug-likeness (QED) is 0.472. The zero-order chi connectivity index (χ0) is 16.1. The summed E-state index contributed by atoms with van der Waals surface area (Å²) in [5.74, 6) is -1.17. The minimum absolute atomic E-state index is 0.103. The number of carbonyl (C=O) groups excluding carboxylic acids is 1. The van der Waals surface area contributed by atoms with Crippen LogP contribution in [0.3, 0.4) is 0 Å². The molecule has 0 fully saturated rings. The number of ketones is 1. The van der Waals surface area contributed by atoms with E-state index in [1.807, 2.05) is 0 Å². The molecule has 2 aromatic rings. The van der Waals surface area contributed by atoms with Crippen molar-refractivity contribution >= 4 is 23.1 Å². The van der Waals surface area contributed by atoms with Gasteiger partial charge in [0.2, 0.25) is 0 Å². The van der Waals surface area contributed by atoms with E-state index in [0.717, 1.165) is 0 Å². The van der Waals surface area contributed by atoms with Gasteiger partial charge in [-0.1, -0.05) is 0 Å². The maximum Gasteiger partial charge on any atom is 0.322 e. The van der Waals surface area contributed by atoms with E-state index < -0.39 is 12.0 Å². The molecule has 1 atom stereocenters. The van der Waals surface area contributed by atoms with E-state index in [0.29, 0.717) is 22.5 Å². The lowest BCUT2D eigenvalue weighted by molar-refractivity contribution is -0.138. The molecule has 22 heavy (non-hydrogen) atoms. The van der Waals surface area contributed by atoms with Crippen molar-refractivity contribution in [2.45, 2.75) is 6.04 Å². The maximum absolute atomic E-state index is 12.3. The Hall–Kier alpha value is -2.86. The van der Waals surface area contributed by atoms with Crippen LogP contribution in [-0.2, 0) is 4.79 Å². The number of hydrogen-bond donors (Lipinski definition) is 4. The zero-order valence-corrected chi connectivity index (χ0v) is 11.8. The van der Waals surface area contributed by atoms with Crippen LogP contribution in [0.4, 0.5) is 11.4 Å². The summed E-state index contributed by atoms with van der Waals surface area (Å²) in [6.45, 7) is 0.112. The van der Waals surface area contributed by atoms with Gasteiger partial charge in [-0.25, -0.2) is 0 Å². The molecule has 2 aromatic carbocycles. The topological polar surface area (TPSA) is 118 Å². The number of benzene rings is 2. The molecule has 0 bridgehead atoms. The van der Waals surface area contributed by atoms with Crippen LogP contribution < -0.4 is 16.8 Å². The van der Waals surface area contributed by atoms with Crippen LogP contribution in [0, 0.1) is 0 Å². The molecule has 6 N–H and O–H groups in total. The van der Waals surface area contributed by atoms with Crippen molar-refractivity contribution in [2.75, 3.05) is 17.6 Å². The second-order valence-corrected chi connectivity index (χ2v) is 4.85. The van der Waals surface area contributed by atoms with Crippen LogP contribution in [0.2, 0.25) is 0 Å². The average Bonchev–Trinajstić information content (AvgIpc) is 2.53. The third-order valence-electron chi connectivity index (χ3n) is 3.16. The van der Waals surface area contributed by atoms with Gasteiger partial charge in [0, 0.05) is 29.0 Å². The fourth-order valence-electron chi connectivity index (χ4n) is 1.86. The lowest BCUT2D eigenvalue weighted by Gasteiger charge is -2.10. The summed E-state index contributed by atoms with van der Waals surface area (Å²) in [5, 5.41) is 11.6. The molecule has 0 saturated carbocycles. The number of hydrogen-bond acceptors (Lipinski definition) is 5. The smallest absolute Gasteiger partial charge is 0.322 e. The Balaban J connectivity index is 2.03. The van der Waals surface area contributed by atoms with E-state index in [-0.39, 0.29) is 12.3 Å². The Morgan fingerprint density at radius 1 is 1.00 bits per heavy atom. The fourth-order valence-corrected chi connectivity index (χ4v) is 1.86. The predicted molar refractivity (Wildman–Crippen MR) is 84.8 cm³/mol. The second-order valence-electron chi connectivity index (χ2n) is 4.85. The molecule has 0 spiro atoms. The van der Waals surface area contributed by atoms with Gasteiger partial charge < -0.3 is 21.9 Å². The van der Waals surface area contributed by atoms with Gasteiger partial charge in [0.15, 0.2) is 5.78 Å². The third-order valence-corrected chi connectivity index (χ3v) is 3.16. The normalized spacial score (nSPS) is 11.7. The number of nitrogen functional groups attached to an aromatic ring is 1. The van der Waals surface area contributed by atoms with Crippen molar-refractivity contribution in [3.63, 3.8) is 0 Å². The molecule has 0 aliphatic carbocycles. The number of anilines is 2. The summed E-state index contributed by atoms with van der Waals surface area (Å²) in [7, 11) is 0. The Bertz CT molecular complexity index is 666. The molecule has 0 aromatic heterocycles. The molecule has 114 valence electrons. The largest absolute Gasteiger partial charge is 0.480 e. The van der Waals surface area contributed by atoms with Gasteiger partial charge >= 0.3 is 5.97 Å². The first-order valence-corrected chi connectivity index (χ1v) is 6.70. The summed E-state index contributed by atoms with van der Waals surface area (Å²) in [4.78, 5) is 22.9. The summed E-state index contributed by atoms with van der Waals surface area (Å²) < 4.78 is 0. The van der Waals surface area contributed by atoms with Crippen molar-refractivity contribution in [1.29, 1.82) is 0 Å². The zero-order valence-electron chi connectivity index (χ0n) is 11.8. The summed E-state index contributed by atoms with van der Waals surface area (Å²) >= 11 is 0. The highest BCUT2D eigenvalue weighted by molar-refractivity contribution is 6.09. The van der Waals surface area contributed by atoms with E-state index in [1.54, 1.807) is 48.5 Å². The van der Waals surface area contributed by atoms with Crippen LogP contribution in [0.15, 0.2) is 48.5 Å². The molecule has 0 heterocycles. The number of carboxylic acids is 1. The molecular formula is C16H17N3O3. The van der Waals surface area contributed by atoms with Gasteiger partial charge in [-0.15, -0.1) is 0 Å². The molecule has 0 aliphatic rings. The van der Waals surface area contributed by atoms with Crippen molar-refractivity contribution in [3.05, 3.63) is 59.7 Å². The van der Waals surface area contributed by atoms with Crippen molar-refractivity contribution in [2.24, 2.45) is 5.73 Å². The van der Waals surface area contributed by atoms with Crippen LogP contribution in [0.1, 0.15) is 15.9 Å². The first-order chi connectivity index (χ1) is 10.5. The van der Waals surface area contributed by atoms with Crippen molar-refractivity contribution < 1.29 is 14.7 Å². The third kappa shape index (κ3) is 3.83. The Kier molecular flexibility index (Phi) is 4.75. The van der Waals surface area contributed by atoms with Crippen LogP contribution in [-0.4, -0.2) is 29.4 Å². The molecule has 0 amide bonds. The molecule has 0 radical (unpaired) electrons. The van der Waals surface area contributed by atoms with E-state index in [9.17, 15) is 9.59 Å². The summed E-state index contributed by atoms with van der Waals surface area (Å²) in [6.07, 6.45) is 0. The Morgan fingerprint density at radius 2 is 1.50 bits per heavy atom. The molecule has 0 unspecified atom stereocenters. The number of rotatable bonds is 6. The number of carboxylic acid groups (broad SMARTS) is 1. The van der Waals surface area contributed by atoms with Crippen molar-refractivity contribution in [3.8, 4) is 0 Å². The number of nitrogens with two attached hydrogens (primary N) is 2. The molecule has 0 saturated heterocycles. The molecule has 2 rings (SSSR count). The van der Waals surface area contributed by atoms with E-state index in [2.05, 4.69) is 5.32 Å². The minimum atomic E-state index is -1.07.